The lowest BCUT2D eigenvalue weighted by atomic mass is 9.91. The summed E-state index contributed by atoms with van der Waals surface area (Å²) in [4.78, 5) is 40.9. The van der Waals surface area contributed by atoms with Gasteiger partial charge >= 0.3 is 6.03 Å². The molecule has 168 valence electrons. The Morgan fingerprint density at radius 1 is 1.12 bits per heavy atom. The highest BCUT2D eigenvalue weighted by Crippen LogP contribution is 2.31. The molecule has 0 bridgehead atoms. The Balaban J connectivity index is 1.47. The van der Waals surface area contributed by atoms with Gasteiger partial charge in [0.15, 0.2) is 0 Å². The quantitative estimate of drug-likeness (QED) is 0.697. The maximum atomic E-state index is 14.3. The number of aryl methyl sites for hydroxylation is 1. The predicted molar refractivity (Wildman–Crippen MR) is 115 cm³/mol. The highest BCUT2D eigenvalue weighted by molar-refractivity contribution is 6.10. The molecule has 2 heterocycles. The molecule has 0 saturated carbocycles. The van der Waals surface area contributed by atoms with Crippen molar-refractivity contribution < 1.29 is 23.2 Å². The van der Waals surface area contributed by atoms with E-state index < -0.39 is 41.6 Å². The van der Waals surface area contributed by atoms with E-state index in [0.29, 0.717) is 10.6 Å². The summed E-state index contributed by atoms with van der Waals surface area (Å²) in [7, 11) is 0. The molecule has 2 N–H and O–H groups in total. The highest BCUT2D eigenvalue weighted by atomic mass is 19.1. The maximum Gasteiger partial charge on any atom is 0.325 e. The van der Waals surface area contributed by atoms with Gasteiger partial charge in [-0.25, -0.2) is 13.6 Å². The number of carbonyl (C=O) groups excluding carboxylic acids is 3. The van der Waals surface area contributed by atoms with Crippen LogP contribution in [-0.2, 0) is 15.1 Å². The molecule has 7 nitrogen and oxygen atoms in total. The molecule has 0 radical (unpaired) electrons. The number of hydrogen-bond donors (Lipinski definition) is 2. The number of amides is 4. The molecule has 2 aromatic carbocycles. The van der Waals surface area contributed by atoms with Crippen molar-refractivity contribution in [3.05, 3.63) is 59.2 Å². The minimum Gasteiger partial charge on any atom is -0.372 e. The third-order valence-electron chi connectivity index (χ3n) is 6.00. The van der Waals surface area contributed by atoms with E-state index >= 15 is 0 Å². The van der Waals surface area contributed by atoms with E-state index in [4.69, 9.17) is 0 Å². The molecule has 0 spiro atoms. The molecule has 0 aliphatic carbocycles. The standard InChI is InChI=1S/C23H24F2N4O3/c1-14-11-16(28-9-3-4-10-28)6-8-19(14)26-20(30)13-29-21(31)23(2,27-22(29)32)17-12-15(24)5-7-18(17)25/h5-8,11-12H,3-4,9-10,13H2,1-2H3,(H,26,30)(H,27,32). The van der Waals surface area contributed by atoms with Crippen LogP contribution in [0.3, 0.4) is 0 Å². The van der Waals surface area contributed by atoms with E-state index in [9.17, 15) is 23.2 Å². The fourth-order valence-corrected chi connectivity index (χ4v) is 4.20. The molecule has 2 aromatic rings. The van der Waals surface area contributed by atoms with Crippen molar-refractivity contribution in [1.29, 1.82) is 0 Å². The number of carbonyl (C=O) groups is 3. The second-order valence-corrected chi connectivity index (χ2v) is 8.31. The van der Waals surface area contributed by atoms with E-state index in [0.717, 1.165) is 55.4 Å². The van der Waals surface area contributed by atoms with Crippen molar-refractivity contribution in [2.75, 3.05) is 29.9 Å². The lowest BCUT2D eigenvalue weighted by molar-refractivity contribution is -0.133. The van der Waals surface area contributed by atoms with Gasteiger partial charge in [0.1, 0.15) is 23.7 Å². The van der Waals surface area contributed by atoms with Gasteiger partial charge in [-0.1, -0.05) is 0 Å². The lowest BCUT2D eigenvalue weighted by Gasteiger charge is -2.23. The zero-order valence-electron chi connectivity index (χ0n) is 17.9. The predicted octanol–water partition coefficient (Wildman–Crippen LogP) is 3.28. The summed E-state index contributed by atoms with van der Waals surface area (Å²) in [5, 5.41) is 5.10. The van der Waals surface area contributed by atoms with Gasteiger partial charge in [0, 0.05) is 30.0 Å². The SMILES string of the molecule is Cc1cc(N2CCCC2)ccc1NC(=O)CN1C(=O)NC(C)(c2cc(F)ccc2F)C1=O. The number of halogens is 2. The molecule has 4 amide bonds. The summed E-state index contributed by atoms with van der Waals surface area (Å²) in [5.74, 6) is -2.98. The van der Waals surface area contributed by atoms with Gasteiger partial charge in [0.05, 0.1) is 0 Å². The van der Waals surface area contributed by atoms with Crippen LogP contribution in [0.15, 0.2) is 36.4 Å². The highest BCUT2D eigenvalue weighted by Gasteiger charge is 2.50. The number of benzene rings is 2. The second kappa shape index (κ2) is 8.22. The van der Waals surface area contributed by atoms with Crippen LogP contribution in [0, 0.1) is 18.6 Å². The van der Waals surface area contributed by atoms with Crippen molar-refractivity contribution in [2.45, 2.75) is 32.2 Å². The van der Waals surface area contributed by atoms with Gasteiger partial charge in [-0.15, -0.1) is 0 Å². The Morgan fingerprint density at radius 2 is 1.84 bits per heavy atom. The number of rotatable bonds is 5. The lowest BCUT2D eigenvalue weighted by Crippen LogP contribution is -2.42. The number of imide groups is 1. The van der Waals surface area contributed by atoms with Gasteiger partial charge in [0.2, 0.25) is 5.91 Å². The average Bonchev–Trinajstić information content (AvgIpc) is 3.35. The number of urea groups is 1. The third-order valence-corrected chi connectivity index (χ3v) is 6.00. The van der Waals surface area contributed by atoms with Crippen LogP contribution in [0.5, 0.6) is 0 Å². The van der Waals surface area contributed by atoms with Crippen LogP contribution in [0.2, 0.25) is 0 Å². The fourth-order valence-electron chi connectivity index (χ4n) is 4.20. The van der Waals surface area contributed by atoms with E-state index in [2.05, 4.69) is 15.5 Å². The Hall–Kier alpha value is -3.49. The van der Waals surface area contributed by atoms with E-state index in [1.807, 2.05) is 19.1 Å². The van der Waals surface area contributed by atoms with Crippen LogP contribution in [0.1, 0.15) is 30.9 Å². The van der Waals surface area contributed by atoms with E-state index in [1.54, 1.807) is 6.07 Å². The van der Waals surface area contributed by atoms with Gasteiger partial charge in [0.25, 0.3) is 5.91 Å². The minimum atomic E-state index is -1.81. The van der Waals surface area contributed by atoms with Crippen LogP contribution >= 0.6 is 0 Å². The number of nitrogens with zero attached hydrogens (tertiary/aromatic N) is 2. The molecule has 1 atom stereocenters. The molecule has 1 unspecified atom stereocenters. The van der Waals surface area contributed by atoms with Crippen molar-refractivity contribution in [3.63, 3.8) is 0 Å². The molecule has 2 aliphatic heterocycles. The summed E-state index contributed by atoms with van der Waals surface area (Å²) in [5.41, 5.74) is 0.402. The van der Waals surface area contributed by atoms with E-state index in [1.165, 1.54) is 6.92 Å². The summed E-state index contributed by atoms with van der Waals surface area (Å²) in [6.45, 7) is 4.60. The van der Waals surface area contributed by atoms with Crippen LogP contribution < -0.4 is 15.5 Å². The van der Waals surface area contributed by atoms with Crippen LogP contribution in [-0.4, -0.2) is 42.4 Å². The minimum absolute atomic E-state index is 0.299. The Kier molecular flexibility index (Phi) is 5.58. The van der Waals surface area contributed by atoms with Crippen LogP contribution in [0.25, 0.3) is 0 Å². The molecule has 0 aromatic heterocycles. The molecule has 2 fully saturated rings. The zero-order valence-corrected chi connectivity index (χ0v) is 17.9. The molecule has 9 heteroatoms. The number of hydrogen-bond acceptors (Lipinski definition) is 4. The second-order valence-electron chi connectivity index (χ2n) is 8.31. The third kappa shape index (κ3) is 3.90. The zero-order chi connectivity index (χ0) is 23.0. The van der Waals surface area contributed by atoms with Crippen LogP contribution in [0.4, 0.5) is 25.0 Å². The summed E-state index contributed by atoms with van der Waals surface area (Å²) < 4.78 is 27.9. The largest absolute Gasteiger partial charge is 0.372 e. The smallest absolute Gasteiger partial charge is 0.325 e. The topological polar surface area (TPSA) is 81.8 Å². The van der Waals surface area contributed by atoms with E-state index in [-0.39, 0.29) is 5.56 Å². The summed E-state index contributed by atoms with van der Waals surface area (Å²) in [6.07, 6.45) is 2.31. The first-order chi connectivity index (χ1) is 15.2. The van der Waals surface area contributed by atoms with Gasteiger partial charge in [-0.05, 0) is 68.7 Å². The van der Waals surface area contributed by atoms with Crippen molar-refractivity contribution in [3.8, 4) is 0 Å². The van der Waals surface area contributed by atoms with Gasteiger partial charge < -0.3 is 15.5 Å². The summed E-state index contributed by atoms with van der Waals surface area (Å²) in [6, 6.07) is 7.52. The first-order valence-corrected chi connectivity index (χ1v) is 10.4. The Labute approximate surface area is 184 Å². The van der Waals surface area contributed by atoms with Gasteiger partial charge in [-0.3, -0.25) is 14.5 Å². The molecule has 4 rings (SSSR count). The summed E-state index contributed by atoms with van der Waals surface area (Å²) >= 11 is 0. The van der Waals surface area contributed by atoms with Crippen molar-refractivity contribution in [2.24, 2.45) is 0 Å². The average molecular weight is 442 g/mol. The van der Waals surface area contributed by atoms with Crippen molar-refractivity contribution >= 4 is 29.2 Å². The molecule has 2 aliphatic rings. The Bertz CT molecular complexity index is 1100. The molecule has 2 saturated heterocycles. The number of nitrogens with one attached hydrogen (secondary N) is 2. The first kappa shape index (κ1) is 21.7. The number of anilines is 2. The molecular formula is C23H24F2N4O3. The molecular weight excluding hydrogens is 418 g/mol. The normalized spacial score (nSPS) is 20.6. The maximum absolute atomic E-state index is 14.3. The molecule has 32 heavy (non-hydrogen) atoms. The van der Waals surface area contributed by atoms with Gasteiger partial charge in [-0.2, -0.15) is 0 Å². The monoisotopic (exact) mass is 442 g/mol. The Morgan fingerprint density at radius 3 is 2.53 bits per heavy atom. The first-order valence-electron chi connectivity index (χ1n) is 10.4. The van der Waals surface area contributed by atoms with Crippen molar-refractivity contribution in [1.82, 2.24) is 10.2 Å². The fraction of sp³-hybridized carbons (Fsp3) is 0.348.